The highest BCUT2D eigenvalue weighted by Gasteiger charge is 2.05. The highest BCUT2D eigenvalue weighted by molar-refractivity contribution is 5.43. The van der Waals surface area contributed by atoms with Crippen molar-refractivity contribution in [2.24, 2.45) is 0 Å². The number of anilines is 1. The molecule has 0 aromatic carbocycles. The first-order chi connectivity index (χ1) is 6.75. The van der Waals surface area contributed by atoms with Crippen LogP contribution >= 0.6 is 0 Å². The van der Waals surface area contributed by atoms with Crippen LogP contribution in [0.4, 0.5) is 5.95 Å². The Morgan fingerprint density at radius 3 is 2.36 bits per heavy atom. The maximum absolute atomic E-state index is 5.48. The van der Waals surface area contributed by atoms with Crippen molar-refractivity contribution in [2.75, 3.05) is 5.73 Å². The van der Waals surface area contributed by atoms with Gasteiger partial charge in [0.25, 0.3) is 0 Å². The molecule has 0 fully saturated rings. The van der Waals surface area contributed by atoms with E-state index in [2.05, 4.69) is 24.9 Å². The minimum Gasteiger partial charge on any atom is -0.368 e. The van der Waals surface area contributed by atoms with E-state index in [1.807, 2.05) is 0 Å². The van der Waals surface area contributed by atoms with Crippen LogP contribution < -0.4 is 5.73 Å². The molecule has 2 aromatic rings. The number of aromatic nitrogens is 5. The lowest BCUT2D eigenvalue weighted by Crippen LogP contribution is -2.03. The van der Waals surface area contributed by atoms with Crippen LogP contribution in [0.3, 0.4) is 0 Å². The molecule has 0 aliphatic rings. The van der Waals surface area contributed by atoms with Gasteiger partial charge >= 0.3 is 0 Å². The van der Waals surface area contributed by atoms with Gasteiger partial charge in [-0.05, 0) is 13.0 Å². The highest BCUT2D eigenvalue weighted by Crippen LogP contribution is 2.07. The smallest absolute Gasteiger partial charge is 0.223 e. The van der Waals surface area contributed by atoms with Crippen LogP contribution in [-0.4, -0.2) is 24.9 Å². The van der Waals surface area contributed by atoms with Crippen LogP contribution in [0.1, 0.15) is 5.82 Å². The second-order valence-electron chi connectivity index (χ2n) is 2.64. The number of hydrogen-bond donors (Lipinski definition) is 1. The molecule has 0 unspecified atom stereocenters. The number of rotatable bonds is 1. The summed E-state index contributed by atoms with van der Waals surface area (Å²) >= 11 is 0. The molecule has 2 N–H and O–H groups in total. The number of nitrogens with zero attached hydrogens (tertiary/aromatic N) is 5. The van der Waals surface area contributed by atoms with Crippen LogP contribution in [0.15, 0.2) is 18.5 Å². The Kier molecular flexibility index (Phi) is 2.02. The van der Waals surface area contributed by atoms with Gasteiger partial charge in [0.2, 0.25) is 11.8 Å². The van der Waals surface area contributed by atoms with Crippen LogP contribution in [0, 0.1) is 6.92 Å². The molecule has 0 aliphatic carbocycles. The van der Waals surface area contributed by atoms with Gasteiger partial charge in [-0.3, -0.25) is 0 Å². The topological polar surface area (TPSA) is 90.5 Å². The molecule has 2 aromatic heterocycles. The van der Waals surface area contributed by atoms with Crippen molar-refractivity contribution in [3.8, 4) is 11.6 Å². The van der Waals surface area contributed by atoms with E-state index >= 15 is 0 Å². The van der Waals surface area contributed by atoms with Crippen LogP contribution in [0.25, 0.3) is 11.6 Å². The van der Waals surface area contributed by atoms with Gasteiger partial charge in [-0.15, -0.1) is 0 Å². The summed E-state index contributed by atoms with van der Waals surface area (Å²) in [5.41, 5.74) is 5.48. The third-order valence-electron chi connectivity index (χ3n) is 1.53. The van der Waals surface area contributed by atoms with E-state index < -0.39 is 0 Å². The van der Waals surface area contributed by atoms with E-state index in [1.165, 1.54) is 0 Å². The van der Waals surface area contributed by atoms with Gasteiger partial charge in [0, 0.05) is 12.4 Å². The second kappa shape index (κ2) is 3.33. The van der Waals surface area contributed by atoms with Crippen LogP contribution in [0.5, 0.6) is 0 Å². The molecule has 6 heteroatoms. The summed E-state index contributed by atoms with van der Waals surface area (Å²) in [6, 6.07) is 1.72. The lowest BCUT2D eigenvalue weighted by Gasteiger charge is -1.99. The summed E-state index contributed by atoms with van der Waals surface area (Å²) in [4.78, 5) is 19.9. The van der Waals surface area contributed by atoms with Crippen molar-refractivity contribution in [3.63, 3.8) is 0 Å². The summed E-state index contributed by atoms with van der Waals surface area (Å²) in [6.45, 7) is 1.74. The number of nitrogens with two attached hydrogens (primary N) is 1. The summed E-state index contributed by atoms with van der Waals surface area (Å²) in [7, 11) is 0. The zero-order chi connectivity index (χ0) is 9.97. The Hall–Kier alpha value is -2.11. The third kappa shape index (κ3) is 1.63. The Balaban J connectivity index is 2.52. The molecule has 2 heterocycles. The fourth-order valence-corrected chi connectivity index (χ4v) is 1.02. The van der Waals surface area contributed by atoms with E-state index in [4.69, 9.17) is 5.73 Å². The van der Waals surface area contributed by atoms with E-state index in [0.29, 0.717) is 17.5 Å². The fraction of sp³-hybridized carbons (Fsp3) is 0.125. The zero-order valence-corrected chi connectivity index (χ0v) is 7.55. The normalized spacial score (nSPS) is 10.1. The molecule has 6 nitrogen and oxygen atoms in total. The molecular formula is C8H8N6. The summed E-state index contributed by atoms with van der Waals surface area (Å²) < 4.78 is 0. The van der Waals surface area contributed by atoms with Gasteiger partial charge in [-0.2, -0.15) is 9.97 Å². The molecule has 0 radical (unpaired) electrons. The van der Waals surface area contributed by atoms with E-state index in [0.717, 1.165) is 0 Å². The zero-order valence-electron chi connectivity index (χ0n) is 7.55. The molecular weight excluding hydrogens is 180 g/mol. The summed E-state index contributed by atoms with van der Waals surface area (Å²) in [6.07, 6.45) is 3.25. The lowest BCUT2D eigenvalue weighted by atomic mass is 10.5. The van der Waals surface area contributed by atoms with Gasteiger partial charge in [-0.1, -0.05) is 0 Å². The largest absolute Gasteiger partial charge is 0.368 e. The minimum absolute atomic E-state index is 0.181. The highest BCUT2D eigenvalue weighted by atomic mass is 15.1. The predicted molar refractivity (Wildman–Crippen MR) is 50.0 cm³/mol. The molecule has 0 saturated heterocycles. The van der Waals surface area contributed by atoms with Crippen molar-refractivity contribution in [3.05, 3.63) is 24.3 Å². The molecule has 70 valence electrons. The Bertz CT molecular complexity index is 421. The second-order valence-corrected chi connectivity index (χ2v) is 2.64. The Morgan fingerprint density at radius 2 is 1.71 bits per heavy atom. The van der Waals surface area contributed by atoms with Gasteiger partial charge in [-0.25, -0.2) is 15.0 Å². The fourth-order valence-electron chi connectivity index (χ4n) is 1.02. The van der Waals surface area contributed by atoms with E-state index in [-0.39, 0.29) is 5.95 Å². The quantitative estimate of drug-likeness (QED) is 0.688. The van der Waals surface area contributed by atoms with Crippen molar-refractivity contribution in [1.82, 2.24) is 24.9 Å². The standard InChI is InChI=1S/C8H8N6/c1-5-12-7(14-8(9)13-5)6-10-3-2-4-11-6/h2-4H,1H3,(H2,9,12,13,14). The first-order valence-electron chi connectivity index (χ1n) is 4.01. The van der Waals surface area contributed by atoms with Crippen LogP contribution in [-0.2, 0) is 0 Å². The summed E-state index contributed by atoms with van der Waals surface area (Å²) in [5, 5.41) is 0. The number of hydrogen-bond acceptors (Lipinski definition) is 6. The van der Waals surface area contributed by atoms with Gasteiger partial charge in [0.15, 0.2) is 5.82 Å². The lowest BCUT2D eigenvalue weighted by molar-refractivity contribution is 0.972. The molecule has 0 atom stereocenters. The monoisotopic (exact) mass is 188 g/mol. The van der Waals surface area contributed by atoms with E-state index in [1.54, 1.807) is 25.4 Å². The molecule has 0 saturated carbocycles. The van der Waals surface area contributed by atoms with Gasteiger partial charge < -0.3 is 5.73 Å². The Morgan fingerprint density at radius 1 is 1.00 bits per heavy atom. The molecule has 14 heavy (non-hydrogen) atoms. The summed E-state index contributed by atoms with van der Waals surface area (Å²) in [5.74, 6) is 1.58. The van der Waals surface area contributed by atoms with Crippen LogP contribution in [0.2, 0.25) is 0 Å². The molecule has 0 amide bonds. The molecule has 0 aliphatic heterocycles. The Labute approximate surface area is 80.3 Å². The number of aryl methyl sites for hydroxylation is 1. The first-order valence-corrected chi connectivity index (χ1v) is 4.01. The van der Waals surface area contributed by atoms with Gasteiger partial charge in [0.1, 0.15) is 5.82 Å². The van der Waals surface area contributed by atoms with Crippen molar-refractivity contribution < 1.29 is 0 Å². The van der Waals surface area contributed by atoms with Crippen molar-refractivity contribution >= 4 is 5.95 Å². The maximum Gasteiger partial charge on any atom is 0.223 e. The van der Waals surface area contributed by atoms with Crippen molar-refractivity contribution in [2.45, 2.75) is 6.92 Å². The minimum atomic E-state index is 0.181. The average Bonchev–Trinajstić information content (AvgIpc) is 2.18. The SMILES string of the molecule is Cc1nc(N)nc(-c2ncccn2)n1. The molecule has 0 bridgehead atoms. The average molecular weight is 188 g/mol. The molecule has 2 rings (SSSR count). The third-order valence-corrected chi connectivity index (χ3v) is 1.53. The molecule has 0 spiro atoms. The van der Waals surface area contributed by atoms with E-state index in [9.17, 15) is 0 Å². The maximum atomic E-state index is 5.48. The first kappa shape index (κ1) is 8.49. The predicted octanol–water partition coefficient (Wildman–Crippen LogP) is 0.219. The number of nitrogen functional groups attached to an aromatic ring is 1. The van der Waals surface area contributed by atoms with Crippen molar-refractivity contribution in [1.29, 1.82) is 0 Å². The van der Waals surface area contributed by atoms with Gasteiger partial charge in [0.05, 0.1) is 0 Å².